The quantitative estimate of drug-likeness (QED) is 0.652. The molecule has 7 nitrogen and oxygen atoms in total. The smallest absolute Gasteiger partial charge is 0.231 e. The summed E-state index contributed by atoms with van der Waals surface area (Å²) >= 11 is 0. The van der Waals surface area contributed by atoms with Gasteiger partial charge in [-0.3, -0.25) is 9.69 Å². The van der Waals surface area contributed by atoms with Gasteiger partial charge in [0.1, 0.15) is 5.69 Å². The third-order valence-electron chi connectivity index (χ3n) is 5.34. The fraction of sp³-hybridized carbons (Fsp3) is 0.333. The lowest BCUT2D eigenvalue weighted by molar-refractivity contribution is -0.132. The fourth-order valence-corrected chi connectivity index (χ4v) is 3.77. The Bertz CT molecular complexity index is 1010. The molecule has 0 saturated carbocycles. The van der Waals surface area contributed by atoms with Crippen molar-refractivity contribution in [2.75, 3.05) is 33.0 Å². The summed E-state index contributed by atoms with van der Waals surface area (Å²) in [5.74, 6) is 1.72. The molecule has 152 valence electrons. The first-order valence-electron chi connectivity index (χ1n) is 9.48. The highest BCUT2D eigenvalue weighted by molar-refractivity contribution is 5.86. The van der Waals surface area contributed by atoms with Gasteiger partial charge in [0, 0.05) is 38.1 Å². The van der Waals surface area contributed by atoms with Gasteiger partial charge in [-0.2, -0.15) is 0 Å². The molecule has 3 heterocycles. The number of hydrogen-bond acceptors (Lipinski definition) is 6. The van der Waals surface area contributed by atoms with Crippen LogP contribution in [0.1, 0.15) is 11.3 Å². The minimum Gasteiger partial charge on any atom is -0.454 e. The van der Waals surface area contributed by atoms with E-state index in [4.69, 9.17) is 14.0 Å². The van der Waals surface area contributed by atoms with Gasteiger partial charge in [0.15, 0.2) is 17.1 Å². The van der Waals surface area contributed by atoms with Crippen LogP contribution in [0.4, 0.5) is 0 Å². The predicted octanol–water partition coefficient (Wildman–Crippen LogP) is 2.87. The van der Waals surface area contributed by atoms with Crippen LogP contribution in [0.15, 0.2) is 47.0 Å². The zero-order chi connectivity index (χ0) is 18.9. The van der Waals surface area contributed by atoms with Gasteiger partial charge < -0.3 is 18.9 Å². The van der Waals surface area contributed by atoms with Gasteiger partial charge in [-0.15, -0.1) is 12.4 Å². The highest BCUT2D eigenvalue weighted by atomic mass is 35.5. The summed E-state index contributed by atoms with van der Waals surface area (Å²) in [4.78, 5) is 17.0. The number of para-hydroxylation sites is 1. The number of hydrogen-bond donors (Lipinski definition) is 0. The number of fused-ring (bicyclic) bond motifs is 2. The molecule has 0 atom stereocenters. The second-order valence-electron chi connectivity index (χ2n) is 7.15. The minimum atomic E-state index is 0. The SMILES string of the molecule is Cl.O=C(Cc1noc2ccccc12)N1CCN(Cc2ccc3c(c2)OCO3)CC1. The Morgan fingerprint density at radius 1 is 1.00 bits per heavy atom. The van der Waals surface area contributed by atoms with Crippen molar-refractivity contribution in [1.82, 2.24) is 15.0 Å². The monoisotopic (exact) mass is 415 g/mol. The van der Waals surface area contributed by atoms with E-state index in [1.165, 1.54) is 5.56 Å². The van der Waals surface area contributed by atoms with E-state index in [0.717, 1.165) is 55.2 Å². The molecule has 8 heteroatoms. The lowest BCUT2D eigenvalue weighted by Gasteiger charge is -2.34. The van der Waals surface area contributed by atoms with Crippen LogP contribution >= 0.6 is 12.4 Å². The van der Waals surface area contributed by atoms with E-state index in [9.17, 15) is 4.79 Å². The first-order valence-corrected chi connectivity index (χ1v) is 9.48. The Morgan fingerprint density at radius 3 is 2.66 bits per heavy atom. The van der Waals surface area contributed by atoms with Crippen molar-refractivity contribution in [3.63, 3.8) is 0 Å². The maximum absolute atomic E-state index is 12.7. The Labute approximate surface area is 174 Å². The van der Waals surface area contributed by atoms with Crippen molar-refractivity contribution in [2.24, 2.45) is 0 Å². The van der Waals surface area contributed by atoms with Crippen LogP contribution in [0.5, 0.6) is 11.5 Å². The molecule has 2 aliphatic rings. The molecule has 2 aromatic carbocycles. The number of rotatable bonds is 4. The Balaban J connectivity index is 0.00000205. The molecule has 0 spiro atoms. The number of aromatic nitrogens is 1. The average molecular weight is 416 g/mol. The standard InChI is InChI=1S/C21H21N3O4.ClH/c25-21(12-17-16-3-1-2-4-18(16)28-22-17)24-9-7-23(8-10-24)13-15-5-6-19-20(11-15)27-14-26-19;/h1-6,11H,7-10,12-14H2;1H. The number of piperazine rings is 1. The zero-order valence-corrected chi connectivity index (χ0v) is 16.7. The van der Waals surface area contributed by atoms with Gasteiger partial charge in [-0.1, -0.05) is 23.4 Å². The summed E-state index contributed by atoms with van der Waals surface area (Å²) in [5, 5.41) is 4.99. The van der Waals surface area contributed by atoms with Crippen molar-refractivity contribution in [3.8, 4) is 11.5 Å². The number of benzene rings is 2. The van der Waals surface area contributed by atoms with Crippen molar-refractivity contribution < 1.29 is 18.8 Å². The van der Waals surface area contributed by atoms with Crippen molar-refractivity contribution >= 4 is 29.3 Å². The fourth-order valence-electron chi connectivity index (χ4n) is 3.77. The van der Waals surface area contributed by atoms with Crippen LogP contribution in [0, 0.1) is 0 Å². The molecule has 1 fully saturated rings. The Hall–Kier alpha value is -2.77. The van der Waals surface area contributed by atoms with Gasteiger partial charge >= 0.3 is 0 Å². The third kappa shape index (κ3) is 4.02. The Kier molecular flexibility index (Phi) is 5.60. The van der Waals surface area contributed by atoms with E-state index in [1.54, 1.807) is 0 Å². The van der Waals surface area contributed by atoms with Crippen LogP contribution in [0.2, 0.25) is 0 Å². The summed E-state index contributed by atoms with van der Waals surface area (Å²) in [6.07, 6.45) is 0.277. The first kappa shape index (κ1) is 19.5. The first-order chi connectivity index (χ1) is 13.8. The summed E-state index contributed by atoms with van der Waals surface area (Å²) in [7, 11) is 0. The lowest BCUT2D eigenvalue weighted by Crippen LogP contribution is -2.48. The molecule has 29 heavy (non-hydrogen) atoms. The van der Waals surface area contributed by atoms with Gasteiger partial charge in [0.2, 0.25) is 12.7 Å². The molecular weight excluding hydrogens is 394 g/mol. The number of amides is 1. The van der Waals surface area contributed by atoms with E-state index in [2.05, 4.69) is 16.1 Å². The molecule has 0 aliphatic carbocycles. The number of carbonyl (C=O) groups is 1. The molecule has 0 unspecified atom stereocenters. The number of nitrogens with zero attached hydrogens (tertiary/aromatic N) is 3. The average Bonchev–Trinajstić information content (AvgIpc) is 3.35. The van der Waals surface area contributed by atoms with Crippen LogP contribution in [-0.2, 0) is 17.8 Å². The highest BCUT2D eigenvalue weighted by Crippen LogP contribution is 2.32. The molecule has 0 bridgehead atoms. The van der Waals surface area contributed by atoms with Crippen LogP contribution in [0.25, 0.3) is 11.0 Å². The topological polar surface area (TPSA) is 68.0 Å². The molecule has 3 aromatic rings. The number of halogens is 1. The normalized spacial score (nSPS) is 16.1. The van der Waals surface area contributed by atoms with Crippen LogP contribution < -0.4 is 9.47 Å². The molecule has 1 amide bonds. The molecule has 0 radical (unpaired) electrons. The minimum absolute atomic E-state index is 0. The van der Waals surface area contributed by atoms with Gasteiger partial charge in [-0.05, 0) is 29.8 Å². The van der Waals surface area contributed by atoms with Crippen molar-refractivity contribution in [3.05, 3.63) is 53.7 Å². The van der Waals surface area contributed by atoms with Gasteiger partial charge in [0.25, 0.3) is 0 Å². The van der Waals surface area contributed by atoms with E-state index in [-0.39, 0.29) is 24.7 Å². The molecule has 0 N–H and O–H groups in total. The van der Waals surface area contributed by atoms with Crippen LogP contribution in [0.3, 0.4) is 0 Å². The number of carbonyl (C=O) groups excluding carboxylic acids is 1. The van der Waals surface area contributed by atoms with E-state index in [1.807, 2.05) is 41.3 Å². The van der Waals surface area contributed by atoms with Gasteiger partial charge in [-0.25, -0.2) is 0 Å². The van der Waals surface area contributed by atoms with Crippen molar-refractivity contribution in [2.45, 2.75) is 13.0 Å². The van der Waals surface area contributed by atoms with E-state index < -0.39 is 0 Å². The maximum Gasteiger partial charge on any atom is 0.231 e. The molecule has 1 saturated heterocycles. The van der Waals surface area contributed by atoms with Crippen LogP contribution in [-0.4, -0.2) is 53.8 Å². The predicted molar refractivity (Wildman–Crippen MR) is 109 cm³/mol. The second-order valence-corrected chi connectivity index (χ2v) is 7.15. The highest BCUT2D eigenvalue weighted by Gasteiger charge is 2.23. The maximum atomic E-state index is 12.7. The summed E-state index contributed by atoms with van der Waals surface area (Å²) in [5.41, 5.74) is 2.63. The third-order valence-corrected chi connectivity index (χ3v) is 5.34. The van der Waals surface area contributed by atoms with E-state index >= 15 is 0 Å². The molecule has 5 rings (SSSR count). The Morgan fingerprint density at radius 2 is 1.79 bits per heavy atom. The largest absolute Gasteiger partial charge is 0.454 e. The number of ether oxygens (including phenoxy) is 2. The summed E-state index contributed by atoms with van der Waals surface area (Å²) in [6.45, 7) is 4.27. The summed E-state index contributed by atoms with van der Waals surface area (Å²) in [6, 6.07) is 13.7. The molecule has 2 aliphatic heterocycles. The molecular formula is C21H22ClN3O4. The van der Waals surface area contributed by atoms with E-state index in [0.29, 0.717) is 12.5 Å². The van der Waals surface area contributed by atoms with Crippen molar-refractivity contribution in [1.29, 1.82) is 0 Å². The summed E-state index contributed by atoms with van der Waals surface area (Å²) < 4.78 is 16.1. The lowest BCUT2D eigenvalue weighted by atomic mass is 10.1. The second kappa shape index (κ2) is 8.31. The van der Waals surface area contributed by atoms with Gasteiger partial charge in [0.05, 0.1) is 6.42 Å². The zero-order valence-electron chi connectivity index (χ0n) is 15.9. The molecule has 1 aromatic heterocycles.